The number of pyridine rings is 1. The molecule has 1 amide bonds. The second-order valence-corrected chi connectivity index (χ2v) is 6.06. The third-order valence-electron chi connectivity index (χ3n) is 4.08. The number of rotatable bonds is 3. The molecule has 1 unspecified atom stereocenters. The molecule has 1 atom stereocenters. The first-order valence-electron chi connectivity index (χ1n) is 7.90. The van der Waals surface area contributed by atoms with E-state index in [4.69, 9.17) is 0 Å². The summed E-state index contributed by atoms with van der Waals surface area (Å²) in [5.41, 5.74) is 1.77. The first kappa shape index (κ1) is 15.5. The van der Waals surface area contributed by atoms with Crippen LogP contribution in [0.5, 0.6) is 0 Å². The molecule has 2 heterocycles. The number of carbonyl (C=O) groups is 1. The highest BCUT2D eigenvalue weighted by atomic mass is 19.1. The predicted molar refractivity (Wildman–Crippen MR) is 89.2 cm³/mol. The number of carbonyl (C=O) groups excluding carboxylic acids is 1. The third kappa shape index (κ3) is 3.86. The van der Waals surface area contributed by atoms with E-state index in [1.165, 1.54) is 18.6 Å². The van der Waals surface area contributed by atoms with Gasteiger partial charge in [-0.15, -0.1) is 0 Å². The predicted octanol–water partition coefficient (Wildman–Crippen LogP) is 3.71. The summed E-state index contributed by atoms with van der Waals surface area (Å²) < 4.78 is 13.2. The van der Waals surface area contributed by atoms with Gasteiger partial charge in [0.25, 0.3) is 5.91 Å². The average Bonchev–Trinajstić information content (AvgIpc) is 2.55. The smallest absolute Gasteiger partial charge is 0.274 e. The third-order valence-corrected chi connectivity index (χ3v) is 4.08. The van der Waals surface area contributed by atoms with Crippen LogP contribution in [0.25, 0.3) is 0 Å². The van der Waals surface area contributed by atoms with E-state index in [9.17, 15) is 9.18 Å². The molecule has 0 saturated carbocycles. The number of benzene rings is 1. The van der Waals surface area contributed by atoms with Gasteiger partial charge in [-0.1, -0.05) is 13.0 Å². The van der Waals surface area contributed by atoms with E-state index in [2.05, 4.69) is 22.1 Å². The monoisotopic (exact) mass is 313 g/mol. The van der Waals surface area contributed by atoms with Gasteiger partial charge < -0.3 is 10.2 Å². The molecule has 0 bridgehead atoms. The van der Waals surface area contributed by atoms with Crippen molar-refractivity contribution in [3.8, 4) is 0 Å². The van der Waals surface area contributed by atoms with Crippen LogP contribution >= 0.6 is 0 Å². The Kier molecular flexibility index (Phi) is 4.55. The molecule has 0 spiro atoms. The maximum absolute atomic E-state index is 13.2. The van der Waals surface area contributed by atoms with Crippen molar-refractivity contribution < 1.29 is 9.18 Å². The van der Waals surface area contributed by atoms with E-state index in [-0.39, 0.29) is 11.7 Å². The van der Waals surface area contributed by atoms with E-state index in [1.54, 1.807) is 24.4 Å². The first-order valence-corrected chi connectivity index (χ1v) is 7.90. The lowest BCUT2D eigenvalue weighted by Gasteiger charge is -2.32. The lowest BCUT2D eigenvalue weighted by atomic mass is 10.00. The van der Waals surface area contributed by atoms with Crippen LogP contribution in [0.4, 0.5) is 15.8 Å². The van der Waals surface area contributed by atoms with Crippen molar-refractivity contribution in [1.82, 2.24) is 4.98 Å². The number of hydrogen-bond donors (Lipinski definition) is 1. The lowest BCUT2D eigenvalue weighted by Crippen LogP contribution is -2.34. The van der Waals surface area contributed by atoms with Gasteiger partial charge in [-0.05, 0) is 49.1 Å². The Morgan fingerprint density at radius 3 is 3.00 bits per heavy atom. The van der Waals surface area contributed by atoms with Gasteiger partial charge in [0.2, 0.25) is 0 Å². The molecule has 1 aliphatic rings. The van der Waals surface area contributed by atoms with Gasteiger partial charge in [0.05, 0.1) is 0 Å². The van der Waals surface area contributed by atoms with Crippen molar-refractivity contribution in [2.24, 2.45) is 5.92 Å². The van der Waals surface area contributed by atoms with Crippen LogP contribution in [-0.4, -0.2) is 24.0 Å². The summed E-state index contributed by atoms with van der Waals surface area (Å²) in [5.74, 6) is -0.0594. The molecule has 2 aromatic rings. The van der Waals surface area contributed by atoms with Crippen molar-refractivity contribution in [3.63, 3.8) is 0 Å². The summed E-state index contributed by atoms with van der Waals surface area (Å²) in [4.78, 5) is 18.7. The molecule has 4 nitrogen and oxygen atoms in total. The number of hydrogen-bond acceptors (Lipinski definition) is 3. The highest BCUT2D eigenvalue weighted by Gasteiger charge is 2.18. The molecular formula is C18H20FN3O. The van der Waals surface area contributed by atoms with E-state index in [0.29, 0.717) is 17.3 Å². The Hall–Kier alpha value is -2.43. The fourth-order valence-corrected chi connectivity index (χ4v) is 2.93. The SMILES string of the molecule is CC1CCCN(c2ccnc(C(=O)Nc3cccc(F)c3)c2)C1. The van der Waals surface area contributed by atoms with Crippen LogP contribution in [0.1, 0.15) is 30.3 Å². The molecule has 23 heavy (non-hydrogen) atoms. The number of piperidine rings is 1. The van der Waals surface area contributed by atoms with Crippen LogP contribution in [0.2, 0.25) is 0 Å². The fourth-order valence-electron chi connectivity index (χ4n) is 2.93. The molecule has 0 aliphatic carbocycles. The lowest BCUT2D eigenvalue weighted by molar-refractivity contribution is 0.102. The highest BCUT2D eigenvalue weighted by Crippen LogP contribution is 2.23. The van der Waals surface area contributed by atoms with Crippen LogP contribution < -0.4 is 10.2 Å². The zero-order chi connectivity index (χ0) is 16.2. The Balaban J connectivity index is 1.75. The Morgan fingerprint density at radius 1 is 1.35 bits per heavy atom. The highest BCUT2D eigenvalue weighted by molar-refractivity contribution is 6.03. The summed E-state index contributed by atoms with van der Waals surface area (Å²) in [7, 11) is 0. The zero-order valence-corrected chi connectivity index (χ0v) is 13.1. The number of amides is 1. The minimum Gasteiger partial charge on any atom is -0.371 e. The Bertz CT molecular complexity index is 704. The summed E-state index contributed by atoms with van der Waals surface area (Å²) in [6, 6.07) is 9.56. The van der Waals surface area contributed by atoms with Gasteiger partial charge >= 0.3 is 0 Å². The van der Waals surface area contributed by atoms with Gasteiger partial charge in [-0.2, -0.15) is 0 Å². The van der Waals surface area contributed by atoms with Crippen molar-refractivity contribution in [1.29, 1.82) is 0 Å². The van der Waals surface area contributed by atoms with Crippen LogP contribution in [0, 0.1) is 11.7 Å². The van der Waals surface area contributed by atoms with Gasteiger partial charge in [-0.3, -0.25) is 9.78 Å². The summed E-state index contributed by atoms with van der Waals surface area (Å²) >= 11 is 0. The van der Waals surface area contributed by atoms with E-state index >= 15 is 0 Å². The first-order chi connectivity index (χ1) is 11.1. The number of nitrogens with zero attached hydrogens (tertiary/aromatic N) is 2. The zero-order valence-electron chi connectivity index (χ0n) is 13.1. The van der Waals surface area contributed by atoms with E-state index < -0.39 is 0 Å². The second kappa shape index (κ2) is 6.77. The summed E-state index contributed by atoms with van der Waals surface area (Å²) in [5, 5.41) is 2.68. The maximum atomic E-state index is 13.2. The molecule has 120 valence electrons. The normalized spacial score (nSPS) is 17.8. The molecular weight excluding hydrogens is 293 g/mol. The van der Waals surface area contributed by atoms with Crippen LogP contribution in [0.15, 0.2) is 42.6 Å². The van der Waals surface area contributed by atoms with Gasteiger partial charge in [-0.25, -0.2) is 4.39 Å². The molecule has 1 aromatic carbocycles. The average molecular weight is 313 g/mol. The standard InChI is InChI=1S/C18H20FN3O/c1-13-4-3-9-22(12-13)16-7-8-20-17(11-16)18(23)21-15-6-2-5-14(19)10-15/h2,5-8,10-11,13H,3-4,9,12H2,1H3,(H,21,23). The quantitative estimate of drug-likeness (QED) is 0.939. The number of halogens is 1. The Morgan fingerprint density at radius 2 is 2.22 bits per heavy atom. The van der Waals surface area contributed by atoms with Crippen LogP contribution in [0.3, 0.4) is 0 Å². The molecule has 1 N–H and O–H groups in total. The van der Waals surface area contributed by atoms with E-state index in [0.717, 1.165) is 25.2 Å². The summed E-state index contributed by atoms with van der Waals surface area (Å²) in [6.45, 7) is 4.24. The van der Waals surface area contributed by atoms with Crippen LogP contribution in [-0.2, 0) is 0 Å². The van der Waals surface area contributed by atoms with Crippen molar-refractivity contribution in [2.45, 2.75) is 19.8 Å². The maximum Gasteiger partial charge on any atom is 0.274 e. The fraction of sp³-hybridized carbons (Fsp3) is 0.333. The van der Waals surface area contributed by atoms with Gasteiger partial charge in [0.15, 0.2) is 0 Å². The minimum atomic E-state index is -0.383. The summed E-state index contributed by atoms with van der Waals surface area (Å²) in [6.07, 6.45) is 4.05. The second-order valence-electron chi connectivity index (χ2n) is 6.06. The molecule has 1 fully saturated rings. The molecule has 0 radical (unpaired) electrons. The Labute approximate surface area is 135 Å². The molecule has 3 rings (SSSR count). The molecule has 1 saturated heterocycles. The number of anilines is 2. The number of nitrogens with one attached hydrogen (secondary N) is 1. The van der Waals surface area contributed by atoms with Gasteiger partial charge in [0, 0.05) is 30.7 Å². The molecule has 1 aliphatic heterocycles. The molecule has 5 heteroatoms. The molecule has 1 aromatic heterocycles. The van der Waals surface area contributed by atoms with Crippen molar-refractivity contribution in [2.75, 3.05) is 23.3 Å². The van der Waals surface area contributed by atoms with Crippen molar-refractivity contribution in [3.05, 3.63) is 54.1 Å². The van der Waals surface area contributed by atoms with Gasteiger partial charge in [0.1, 0.15) is 11.5 Å². The number of aromatic nitrogens is 1. The topological polar surface area (TPSA) is 45.2 Å². The van der Waals surface area contributed by atoms with E-state index in [1.807, 2.05) is 6.07 Å². The minimum absolute atomic E-state index is 0.331. The largest absolute Gasteiger partial charge is 0.371 e. The van der Waals surface area contributed by atoms with Crippen molar-refractivity contribution >= 4 is 17.3 Å².